The summed E-state index contributed by atoms with van der Waals surface area (Å²) in [6, 6.07) is 76.4. The Bertz CT molecular complexity index is 3230. The molecule has 0 aliphatic carbocycles. The van der Waals surface area contributed by atoms with Crippen molar-refractivity contribution >= 4 is 71.3 Å². The van der Waals surface area contributed by atoms with E-state index in [4.69, 9.17) is 4.42 Å². The average molecular weight is 714 g/mol. The van der Waals surface area contributed by atoms with E-state index >= 15 is 0 Å². The molecule has 0 amide bonds. The van der Waals surface area contributed by atoms with Crippen LogP contribution in [0.4, 0.5) is 17.1 Å². The first-order valence-corrected chi connectivity index (χ1v) is 19.2. The molecule has 1 heterocycles. The number of para-hydroxylation sites is 2. The van der Waals surface area contributed by atoms with E-state index in [2.05, 4.69) is 205 Å². The summed E-state index contributed by atoms with van der Waals surface area (Å²) in [6.45, 7) is 0. The van der Waals surface area contributed by atoms with E-state index in [0.29, 0.717) is 0 Å². The van der Waals surface area contributed by atoms with Gasteiger partial charge in [0.25, 0.3) is 0 Å². The number of hydrogen-bond acceptors (Lipinski definition) is 2. The maximum absolute atomic E-state index is 6.42. The van der Waals surface area contributed by atoms with Crippen LogP contribution in [-0.4, -0.2) is 0 Å². The molecule has 0 unspecified atom stereocenters. The minimum absolute atomic E-state index is 0.907. The van der Waals surface area contributed by atoms with E-state index in [9.17, 15) is 0 Å². The van der Waals surface area contributed by atoms with Gasteiger partial charge in [0, 0.05) is 33.4 Å². The predicted molar refractivity (Wildman–Crippen MR) is 237 cm³/mol. The minimum atomic E-state index is 0.907. The fourth-order valence-electron chi connectivity index (χ4n) is 8.57. The van der Waals surface area contributed by atoms with Crippen molar-refractivity contribution in [3.8, 4) is 33.4 Å². The molecule has 0 N–H and O–H groups in total. The van der Waals surface area contributed by atoms with Gasteiger partial charge in [-0.1, -0.05) is 164 Å². The van der Waals surface area contributed by atoms with E-state index < -0.39 is 0 Å². The first-order chi connectivity index (χ1) is 27.8. The Morgan fingerprint density at radius 3 is 1.68 bits per heavy atom. The summed E-state index contributed by atoms with van der Waals surface area (Å²) in [5.74, 6) is 0. The van der Waals surface area contributed by atoms with Crippen molar-refractivity contribution in [3.05, 3.63) is 212 Å². The minimum Gasteiger partial charge on any atom is -0.455 e. The molecule has 10 aromatic carbocycles. The van der Waals surface area contributed by atoms with Crippen LogP contribution in [0.2, 0.25) is 0 Å². The molecule has 0 bridgehead atoms. The van der Waals surface area contributed by atoms with Crippen molar-refractivity contribution in [2.45, 2.75) is 0 Å². The first kappa shape index (κ1) is 32.0. The largest absolute Gasteiger partial charge is 0.455 e. The summed E-state index contributed by atoms with van der Waals surface area (Å²) in [4.78, 5) is 2.35. The summed E-state index contributed by atoms with van der Waals surface area (Å²) < 4.78 is 6.42. The standard InChI is InChI=1S/C54H35NO/c1-2-12-36(13-3-1)40-15-10-16-44(34-40)55(42-30-26-38(27-31-42)46-21-11-22-50-48-19-8-9-23-52(48)56-54(46)50)43-32-28-39(29-33-43)51-35-41-25-24-37-14-4-5-17-45(37)53(41)49-20-7-6-18-47(49)51/h1-35H. The van der Waals surface area contributed by atoms with Crippen LogP contribution < -0.4 is 4.90 Å². The molecule has 2 nitrogen and oxygen atoms in total. The Hall–Kier alpha value is -7.42. The lowest BCUT2D eigenvalue weighted by Gasteiger charge is -2.26. The third-order valence-electron chi connectivity index (χ3n) is 11.2. The lowest BCUT2D eigenvalue weighted by atomic mass is 9.90. The Labute approximate surface area is 325 Å². The molecule has 0 aliphatic heterocycles. The third kappa shape index (κ3) is 5.34. The van der Waals surface area contributed by atoms with Gasteiger partial charge in [0.2, 0.25) is 0 Å². The molecule has 0 spiro atoms. The van der Waals surface area contributed by atoms with Gasteiger partial charge in [-0.15, -0.1) is 0 Å². The zero-order chi connectivity index (χ0) is 37.0. The van der Waals surface area contributed by atoms with Crippen LogP contribution in [0, 0.1) is 0 Å². The summed E-state index contributed by atoms with van der Waals surface area (Å²) >= 11 is 0. The lowest BCUT2D eigenvalue weighted by molar-refractivity contribution is 0.670. The summed E-state index contributed by atoms with van der Waals surface area (Å²) in [5, 5.41) is 9.91. The molecule has 0 saturated heterocycles. The molecular weight excluding hydrogens is 679 g/mol. The van der Waals surface area contributed by atoms with Crippen LogP contribution in [0.3, 0.4) is 0 Å². The second-order valence-corrected chi connectivity index (χ2v) is 14.5. The van der Waals surface area contributed by atoms with E-state index in [1.165, 1.54) is 54.6 Å². The number of fused-ring (bicyclic) bond motifs is 8. The van der Waals surface area contributed by atoms with Gasteiger partial charge in [0.15, 0.2) is 0 Å². The Kier molecular flexibility index (Phi) is 7.53. The Morgan fingerprint density at radius 1 is 0.304 bits per heavy atom. The highest BCUT2D eigenvalue weighted by Gasteiger charge is 2.17. The van der Waals surface area contributed by atoms with Gasteiger partial charge >= 0.3 is 0 Å². The van der Waals surface area contributed by atoms with Gasteiger partial charge in [-0.3, -0.25) is 0 Å². The van der Waals surface area contributed by atoms with E-state index in [-0.39, 0.29) is 0 Å². The quantitative estimate of drug-likeness (QED) is 0.160. The molecule has 11 aromatic rings. The van der Waals surface area contributed by atoms with Crippen molar-refractivity contribution in [2.24, 2.45) is 0 Å². The number of nitrogens with zero attached hydrogens (tertiary/aromatic N) is 1. The molecule has 0 radical (unpaired) electrons. The molecule has 0 atom stereocenters. The molecule has 262 valence electrons. The number of rotatable bonds is 6. The number of furan rings is 1. The van der Waals surface area contributed by atoms with Crippen molar-refractivity contribution in [1.82, 2.24) is 0 Å². The molecule has 56 heavy (non-hydrogen) atoms. The topological polar surface area (TPSA) is 16.4 Å². The summed E-state index contributed by atoms with van der Waals surface area (Å²) in [5.41, 5.74) is 12.1. The zero-order valence-corrected chi connectivity index (χ0v) is 30.6. The highest BCUT2D eigenvalue weighted by Crippen LogP contribution is 2.42. The Morgan fingerprint density at radius 2 is 0.893 bits per heavy atom. The molecule has 11 rings (SSSR count). The van der Waals surface area contributed by atoms with Crippen LogP contribution in [0.5, 0.6) is 0 Å². The molecule has 1 aromatic heterocycles. The van der Waals surface area contributed by atoms with Crippen LogP contribution in [0.1, 0.15) is 0 Å². The maximum Gasteiger partial charge on any atom is 0.143 e. The first-order valence-electron chi connectivity index (χ1n) is 19.2. The highest BCUT2D eigenvalue weighted by molar-refractivity contribution is 6.23. The van der Waals surface area contributed by atoms with Crippen LogP contribution in [0.25, 0.3) is 87.6 Å². The van der Waals surface area contributed by atoms with Crippen LogP contribution in [-0.2, 0) is 0 Å². The zero-order valence-electron chi connectivity index (χ0n) is 30.6. The fraction of sp³-hybridized carbons (Fsp3) is 0. The van der Waals surface area contributed by atoms with E-state index in [1.807, 2.05) is 12.1 Å². The molecule has 0 saturated carbocycles. The summed E-state index contributed by atoms with van der Waals surface area (Å²) in [6.07, 6.45) is 0. The highest BCUT2D eigenvalue weighted by atomic mass is 16.3. The average Bonchev–Trinajstić information content (AvgIpc) is 3.66. The van der Waals surface area contributed by atoms with Gasteiger partial charge in [-0.05, 0) is 109 Å². The van der Waals surface area contributed by atoms with Gasteiger partial charge in [0.05, 0.1) is 0 Å². The second kappa shape index (κ2) is 13.2. The molecule has 2 heteroatoms. The van der Waals surface area contributed by atoms with Gasteiger partial charge in [0.1, 0.15) is 11.2 Å². The lowest BCUT2D eigenvalue weighted by Crippen LogP contribution is -2.10. The Balaban J connectivity index is 1.03. The van der Waals surface area contributed by atoms with Crippen molar-refractivity contribution < 1.29 is 4.42 Å². The van der Waals surface area contributed by atoms with Gasteiger partial charge in [-0.2, -0.15) is 0 Å². The smallest absolute Gasteiger partial charge is 0.143 e. The summed E-state index contributed by atoms with van der Waals surface area (Å²) in [7, 11) is 0. The monoisotopic (exact) mass is 713 g/mol. The normalized spacial score (nSPS) is 11.6. The number of hydrogen-bond donors (Lipinski definition) is 0. The van der Waals surface area contributed by atoms with Crippen LogP contribution in [0.15, 0.2) is 217 Å². The van der Waals surface area contributed by atoms with Gasteiger partial charge < -0.3 is 9.32 Å². The van der Waals surface area contributed by atoms with Crippen LogP contribution >= 0.6 is 0 Å². The van der Waals surface area contributed by atoms with E-state index in [0.717, 1.165) is 50.1 Å². The third-order valence-corrected chi connectivity index (χ3v) is 11.2. The fourth-order valence-corrected chi connectivity index (χ4v) is 8.57. The SMILES string of the molecule is c1ccc(-c2cccc(N(c3ccc(-c4cc5ccc6ccccc6c5c5ccccc45)cc3)c3ccc(-c4cccc5c4oc4ccccc45)cc3)c2)cc1. The maximum atomic E-state index is 6.42. The molecule has 0 fully saturated rings. The number of anilines is 3. The van der Waals surface area contributed by atoms with E-state index in [1.54, 1.807) is 0 Å². The number of benzene rings is 10. The second-order valence-electron chi connectivity index (χ2n) is 14.5. The van der Waals surface area contributed by atoms with Crippen molar-refractivity contribution in [2.75, 3.05) is 4.90 Å². The predicted octanol–water partition coefficient (Wildman–Crippen LogP) is 15.5. The molecule has 0 aliphatic rings. The van der Waals surface area contributed by atoms with Crippen molar-refractivity contribution in [3.63, 3.8) is 0 Å². The van der Waals surface area contributed by atoms with Gasteiger partial charge in [-0.25, -0.2) is 0 Å². The van der Waals surface area contributed by atoms with Crippen molar-refractivity contribution in [1.29, 1.82) is 0 Å². The molecular formula is C54H35NO.